The number of hydrogen-bond acceptors (Lipinski definition) is 6. The zero-order chi connectivity index (χ0) is 23.7. The Morgan fingerprint density at radius 2 is 1.76 bits per heavy atom. The van der Waals surface area contributed by atoms with Crippen molar-refractivity contribution in [2.24, 2.45) is 0 Å². The number of halogens is 1. The maximum atomic E-state index is 13.3. The van der Waals surface area contributed by atoms with E-state index in [0.717, 1.165) is 32.1 Å². The van der Waals surface area contributed by atoms with E-state index in [4.69, 9.17) is 21.1 Å². The summed E-state index contributed by atoms with van der Waals surface area (Å²) in [6.45, 7) is 0. The lowest BCUT2D eigenvalue weighted by Gasteiger charge is -2.35. The Kier molecular flexibility index (Phi) is 6.51. The number of aliphatic hydroxyl groups is 1. The van der Waals surface area contributed by atoms with E-state index in [1.54, 1.807) is 29.2 Å². The second-order valence-electron chi connectivity index (χ2n) is 8.28. The molecule has 0 aromatic heterocycles. The van der Waals surface area contributed by atoms with Crippen LogP contribution in [-0.4, -0.2) is 47.1 Å². The molecule has 2 aromatic carbocycles. The maximum absolute atomic E-state index is 13.3. The van der Waals surface area contributed by atoms with Crippen LogP contribution in [0.25, 0.3) is 5.76 Å². The Balaban J connectivity index is 1.91. The number of Topliss-reactive ketones (excluding diaryl/α,β-unsaturated/α-hetero) is 1. The molecule has 0 radical (unpaired) electrons. The van der Waals surface area contributed by atoms with Crippen LogP contribution in [-0.2, 0) is 9.59 Å². The summed E-state index contributed by atoms with van der Waals surface area (Å²) in [5.74, 6) is -1.02. The second-order valence-corrected chi connectivity index (χ2v) is 8.68. The number of benzene rings is 2. The van der Waals surface area contributed by atoms with Gasteiger partial charge in [-0.15, -0.1) is 0 Å². The van der Waals surface area contributed by atoms with E-state index in [1.165, 1.54) is 26.4 Å². The van der Waals surface area contributed by atoms with Crippen molar-refractivity contribution in [2.75, 3.05) is 14.2 Å². The molecule has 8 heteroatoms. The van der Waals surface area contributed by atoms with Crippen molar-refractivity contribution < 1.29 is 29.3 Å². The smallest absolute Gasteiger partial charge is 0.295 e. The number of nitrogens with zero attached hydrogens (tertiary/aromatic N) is 1. The molecule has 2 N–H and O–H groups in total. The van der Waals surface area contributed by atoms with E-state index in [2.05, 4.69) is 0 Å². The zero-order valence-electron chi connectivity index (χ0n) is 18.5. The molecule has 1 unspecified atom stereocenters. The summed E-state index contributed by atoms with van der Waals surface area (Å²) in [6, 6.07) is 8.43. The van der Waals surface area contributed by atoms with E-state index in [0.29, 0.717) is 17.1 Å². The lowest BCUT2D eigenvalue weighted by atomic mass is 9.91. The van der Waals surface area contributed by atoms with Crippen LogP contribution in [0.15, 0.2) is 42.0 Å². The number of ether oxygens (including phenoxy) is 2. The number of ketones is 1. The molecular formula is C25H26ClNO6. The van der Waals surface area contributed by atoms with Gasteiger partial charge in [-0.1, -0.05) is 36.9 Å². The van der Waals surface area contributed by atoms with Gasteiger partial charge in [-0.25, -0.2) is 0 Å². The van der Waals surface area contributed by atoms with Crippen molar-refractivity contribution in [3.8, 4) is 17.2 Å². The molecule has 1 saturated carbocycles. The highest BCUT2D eigenvalue weighted by atomic mass is 35.5. The number of methoxy groups -OCH3 is 2. The first kappa shape index (κ1) is 23.0. The summed E-state index contributed by atoms with van der Waals surface area (Å²) in [5.41, 5.74) is 0.780. The van der Waals surface area contributed by atoms with Crippen molar-refractivity contribution >= 4 is 29.1 Å². The van der Waals surface area contributed by atoms with Crippen LogP contribution in [0.1, 0.15) is 49.3 Å². The van der Waals surface area contributed by atoms with Gasteiger partial charge in [0.1, 0.15) is 23.0 Å². The lowest BCUT2D eigenvalue weighted by Crippen LogP contribution is -2.40. The topological polar surface area (TPSA) is 96.3 Å². The quantitative estimate of drug-likeness (QED) is 0.369. The first-order valence-corrected chi connectivity index (χ1v) is 11.3. The third-order valence-corrected chi connectivity index (χ3v) is 6.70. The molecular weight excluding hydrogens is 446 g/mol. The third-order valence-electron chi connectivity index (χ3n) is 6.40. The fourth-order valence-electron chi connectivity index (χ4n) is 4.75. The number of carbonyl (C=O) groups is 2. The van der Waals surface area contributed by atoms with Crippen LogP contribution in [0.5, 0.6) is 17.2 Å². The number of phenols is 1. The number of phenolic OH excluding ortho intramolecular Hbond substituents is 1. The summed E-state index contributed by atoms with van der Waals surface area (Å²) < 4.78 is 10.6. The van der Waals surface area contributed by atoms with Gasteiger partial charge in [-0.2, -0.15) is 0 Å². The molecule has 1 saturated heterocycles. The fraction of sp³-hybridized carbons (Fsp3) is 0.360. The first-order chi connectivity index (χ1) is 15.9. The summed E-state index contributed by atoms with van der Waals surface area (Å²) in [6.07, 6.45) is 4.56. The van der Waals surface area contributed by atoms with E-state index >= 15 is 0 Å². The summed E-state index contributed by atoms with van der Waals surface area (Å²) in [4.78, 5) is 28.1. The number of aromatic hydroxyl groups is 1. The van der Waals surface area contributed by atoms with Crippen LogP contribution < -0.4 is 9.47 Å². The predicted molar refractivity (Wildman–Crippen MR) is 124 cm³/mol. The standard InChI is InChI=1S/C25H26ClNO6/c1-32-16-9-10-17(20(13-16)33-2)23(29)21-22(14-8-11-19(28)18(26)12-14)27(25(31)24(21)30)15-6-4-3-5-7-15/h8-13,15,22,28-29H,3-7H2,1-2H3/b23-21-. The number of likely N-dealkylation sites (tertiary alicyclic amines) is 1. The molecule has 33 heavy (non-hydrogen) atoms. The van der Waals surface area contributed by atoms with Crippen molar-refractivity contribution in [3.63, 3.8) is 0 Å². The van der Waals surface area contributed by atoms with Crippen LogP contribution in [0.3, 0.4) is 0 Å². The third kappa shape index (κ3) is 4.13. The van der Waals surface area contributed by atoms with Crippen molar-refractivity contribution in [1.82, 2.24) is 4.90 Å². The minimum absolute atomic E-state index is 0.0317. The van der Waals surface area contributed by atoms with Gasteiger partial charge >= 0.3 is 0 Å². The number of aliphatic hydroxyl groups excluding tert-OH is 1. The molecule has 1 atom stereocenters. The Bertz CT molecular complexity index is 1120. The number of carbonyl (C=O) groups excluding carboxylic acids is 2. The lowest BCUT2D eigenvalue weighted by molar-refractivity contribution is -0.141. The molecule has 1 aliphatic carbocycles. The van der Waals surface area contributed by atoms with Crippen LogP contribution in [0.2, 0.25) is 5.02 Å². The summed E-state index contributed by atoms with van der Waals surface area (Å²) >= 11 is 6.17. The minimum atomic E-state index is -0.835. The molecule has 174 valence electrons. The molecule has 1 heterocycles. The highest BCUT2D eigenvalue weighted by Gasteiger charge is 2.49. The predicted octanol–water partition coefficient (Wildman–Crippen LogP) is 4.82. The highest BCUT2D eigenvalue weighted by Crippen LogP contribution is 2.45. The van der Waals surface area contributed by atoms with Gasteiger partial charge in [0, 0.05) is 12.1 Å². The van der Waals surface area contributed by atoms with Gasteiger partial charge in [0.15, 0.2) is 0 Å². The molecule has 2 aromatic rings. The summed E-state index contributed by atoms with van der Waals surface area (Å²) in [7, 11) is 2.96. The SMILES string of the molecule is COc1ccc(/C(O)=C2/C(=O)C(=O)N(C3CCCCC3)C2c2ccc(O)c(Cl)c2)c(OC)c1. The van der Waals surface area contributed by atoms with Gasteiger partial charge in [0.2, 0.25) is 0 Å². The fourth-order valence-corrected chi connectivity index (χ4v) is 4.93. The van der Waals surface area contributed by atoms with Gasteiger partial charge in [-0.3, -0.25) is 9.59 Å². The van der Waals surface area contributed by atoms with Gasteiger partial charge < -0.3 is 24.6 Å². The minimum Gasteiger partial charge on any atom is -0.507 e. The number of amides is 1. The molecule has 0 bridgehead atoms. The van der Waals surface area contributed by atoms with Crippen molar-refractivity contribution in [3.05, 3.63) is 58.1 Å². The maximum Gasteiger partial charge on any atom is 0.295 e. The second kappa shape index (κ2) is 9.35. The van der Waals surface area contributed by atoms with E-state index in [1.807, 2.05) is 0 Å². The number of hydrogen-bond donors (Lipinski definition) is 2. The molecule has 2 aliphatic rings. The Hall–Kier alpha value is -3.19. The van der Waals surface area contributed by atoms with Gasteiger partial charge in [-0.05, 0) is 42.7 Å². The van der Waals surface area contributed by atoms with E-state index < -0.39 is 17.7 Å². The Morgan fingerprint density at radius 3 is 2.39 bits per heavy atom. The average molecular weight is 472 g/mol. The highest BCUT2D eigenvalue weighted by molar-refractivity contribution is 6.46. The van der Waals surface area contributed by atoms with E-state index in [-0.39, 0.29) is 33.7 Å². The van der Waals surface area contributed by atoms with Crippen molar-refractivity contribution in [1.29, 1.82) is 0 Å². The average Bonchev–Trinajstić information content (AvgIpc) is 3.10. The first-order valence-electron chi connectivity index (χ1n) is 10.9. The van der Waals surface area contributed by atoms with Crippen molar-refractivity contribution in [2.45, 2.75) is 44.2 Å². The van der Waals surface area contributed by atoms with Crippen LogP contribution >= 0.6 is 11.6 Å². The summed E-state index contributed by atoms with van der Waals surface area (Å²) in [5, 5.41) is 21.3. The number of rotatable bonds is 5. The van der Waals surface area contributed by atoms with Crippen LogP contribution in [0, 0.1) is 0 Å². The Labute approximate surface area is 197 Å². The molecule has 2 fully saturated rings. The monoisotopic (exact) mass is 471 g/mol. The molecule has 7 nitrogen and oxygen atoms in total. The largest absolute Gasteiger partial charge is 0.507 e. The zero-order valence-corrected chi connectivity index (χ0v) is 19.3. The molecule has 1 aliphatic heterocycles. The van der Waals surface area contributed by atoms with Gasteiger partial charge in [0.25, 0.3) is 11.7 Å². The Morgan fingerprint density at radius 1 is 1.03 bits per heavy atom. The van der Waals surface area contributed by atoms with E-state index in [9.17, 15) is 19.8 Å². The normalized spacial score (nSPS) is 20.8. The van der Waals surface area contributed by atoms with Gasteiger partial charge in [0.05, 0.1) is 36.4 Å². The molecule has 1 amide bonds. The molecule has 4 rings (SSSR count). The van der Waals surface area contributed by atoms with Crippen LogP contribution in [0.4, 0.5) is 0 Å². The molecule has 0 spiro atoms.